The van der Waals surface area contributed by atoms with Gasteiger partial charge in [-0.3, -0.25) is 0 Å². The second kappa shape index (κ2) is 4.74. The Morgan fingerprint density at radius 2 is 1.35 bits per heavy atom. The van der Waals surface area contributed by atoms with Gasteiger partial charge in [0.2, 0.25) is 0 Å². The molecule has 2 unspecified atom stereocenters. The Hall–Kier alpha value is 0.250. The number of halogens is 1. The molecular weight excluding hydrogens is 232 g/mol. The minimum absolute atomic E-state index is 0.0223. The van der Waals surface area contributed by atoms with Crippen LogP contribution in [0.1, 0.15) is 77.0 Å². The molecule has 17 heavy (non-hydrogen) atoms. The maximum atomic E-state index is 7.04. The maximum absolute atomic E-state index is 7.04. The van der Waals surface area contributed by atoms with E-state index in [1.807, 2.05) is 0 Å². The number of fused-ring (bicyclic) bond motifs is 1. The van der Waals surface area contributed by atoms with Gasteiger partial charge in [0.25, 0.3) is 0 Å². The van der Waals surface area contributed by atoms with E-state index in [0.29, 0.717) is 6.10 Å². The van der Waals surface area contributed by atoms with Crippen LogP contribution in [0.25, 0.3) is 0 Å². The molecule has 0 bridgehead atoms. The van der Waals surface area contributed by atoms with Crippen molar-refractivity contribution >= 4 is 11.6 Å². The minimum Gasteiger partial charge on any atom is -0.364 e. The molecule has 2 heteroatoms. The lowest BCUT2D eigenvalue weighted by Crippen LogP contribution is -2.42. The van der Waals surface area contributed by atoms with Crippen LogP contribution in [0, 0.1) is 0 Å². The number of alkyl halides is 1. The summed E-state index contributed by atoms with van der Waals surface area (Å²) in [6.07, 6.45) is 16.2. The quantitative estimate of drug-likeness (QED) is 0.373. The summed E-state index contributed by atoms with van der Waals surface area (Å²) in [7, 11) is 0. The van der Waals surface area contributed by atoms with Gasteiger partial charge < -0.3 is 4.74 Å². The normalized spacial score (nSPS) is 41.8. The van der Waals surface area contributed by atoms with E-state index in [4.69, 9.17) is 16.3 Å². The predicted octanol–water partition coefficient (Wildman–Crippen LogP) is 4.81. The summed E-state index contributed by atoms with van der Waals surface area (Å²) in [6, 6.07) is 0. The molecule has 1 saturated heterocycles. The van der Waals surface area contributed by atoms with Gasteiger partial charge >= 0.3 is 0 Å². The van der Waals surface area contributed by atoms with E-state index < -0.39 is 0 Å². The summed E-state index contributed by atoms with van der Waals surface area (Å²) in [5.41, 5.74) is 0.0827. The van der Waals surface area contributed by atoms with Crippen molar-refractivity contribution < 1.29 is 4.74 Å². The molecule has 98 valence electrons. The fourth-order valence-electron chi connectivity index (χ4n) is 4.13. The third kappa shape index (κ3) is 2.14. The Labute approximate surface area is 110 Å². The van der Waals surface area contributed by atoms with Crippen LogP contribution in [-0.4, -0.2) is 16.6 Å². The van der Waals surface area contributed by atoms with E-state index in [1.54, 1.807) is 0 Å². The van der Waals surface area contributed by atoms with Gasteiger partial charge in [0.1, 0.15) is 5.60 Å². The Bertz CT molecular complexity index is 270. The van der Waals surface area contributed by atoms with E-state index in [-0.39, 0.29) is 10.5 Å². The fourth-order valence-corrected chi connectivity index (χ4v) is 4.66. The lowest BCUT2D eigenvalue weighted by atomic mass is 9.77. The highest BCUT2D eigenvalue weighted by Gasteiger charge is 2.66. The zero-order valence-corrected chi connectivity index (χ0v) is 11.6. The number of ether oxygens (including phenoxy) is 1. The van der Waals surface area contributed by atoms with Crippen molar-refractivity contribution in [1.29, 1.82) is 0 Å². The first kappa shape index (κ1) is 12.3. The highest BCUT2D eigenvalue weighted by Crippen LogP contribution is 2.59. The van der Waals surface area contributed by atoms with E-state index in [0.717, 1.165) is 0 Å². The molecular formula is C15H25ClO. The molecule has 0 N–H and O–H groups in total. The van der Waals surface area contributed by atoms with Crippen molar-refractivity contribution in [3.05, 3.63) is 0 Å². The lowest BCUT2D eigenvalue weighted by Gasteiger charge is -2.34. The largest absolute Gasteiger partial charge is 0.364 e. The summed E-state index contributed by atoms with van der Waals surface area (Å²) in [6.45, 7) is 0. The van der Waals surface area contributed by atoms with Crippen LogP contribution in [0.4, 0.5) is 0 Å². The topological polar surface area (TPSA) is 12.5 Å². The van der Waals surface area contributed by atoms with Crippen LogP contribution in [0.5, 0.6) is 0 Å². The van der Waals surface area contributed by atoms with Gasteiger partial charge in [0.15, 0.2) is 0 Å². The van der Waals surface area contributed by atoms with Gasteiger partial charge in [-0.05, 0) is 25.7 Å². The van der Waals surface area contributed by atoms with E-state index >= 15 is 0 Å². The Morgan fingerprint density at radius 3 is 2.06 bits per heavy atom. The van der Waals surface area contributed by atoms with Crippen molar-refractivity contribution in [2.45, 2.75) is 93.6 Å². The summed E-state index contributed by atoms with van der Waals surface area (Å²) >= 11 is 7.04. The molecule has 0 aromatic carbocycles. The number of epoxide rings is 1. The molecule has 3 aliphatic rings. The number of rotatable bonds is 1. The van der Waals surface area contributed by atoms with Gasteiger partial charge in [0.05, 0.1) is 11.0 Å². The first-order valence-electron chi connectivity index (χ1n) is 7.64. The summed E-state index contributed by atoms with van der Waals surface area (Å²) in [5.74, 6) is 0. The van der Waals surface area contributed by atoms with Crippen LogP contribution in [-0.2, 0) is 4.74 Å². The lowest BCUT2D eigenvalue weighted by molar-refractivity contribution is 0.202. The van der Waals surface area contributed by atoms with Gasteiger partial charge in [-0.25, -0.2) is 0 Å². The van der Waals surface area contributed by atoms with Crippen LogP contribution in [0.15, 0.2) is 0 Å². The minimum atomic E-state index is -0.0223. The molecule has 2 saturated carbocycles. The van der Waals surface area contributed by atoms with Crippen LogP contribution in [0.3, 0.4) is 0 Å². The number of hydrogen-bond donors (Lipinski definition) is 0. The second-order valence-electron chi connectivity index (χ2n) is 6.33. The highest BCUT2D eigenvalue weighted by atomic mass is 35.5. The molecule has 2 aliphatic carbocycles. The van der Waals surface area contributed by atoms with Crippen molar-refractivity contribution in [3.8, 4) is 0 Å². The molecule has 2 atom stereocenters. The fraction of sp³-hybridized carbons (Fsp3) is 1.00. The van der Waals surface area contributed by atoms with Crippen LogP contribution < -0.4 is 0 Å². The zero-order chi connectivity index (χ0) is 11.8. The average molecular weight is 257 g/mol. The molecule has 1 aliphatic heterocycles. The third-order valence-corrected chi connectivity index (χ3v) is 5.93. The summed E-state index contributed by atoms with van der Waals surface area (Å²) < 4.78 is 6.19. The van der Waals surface area contributed by atoms with Crippen LogP contribution in [0.2, 0.25) is 0 Å². The Balaban J connectivity index is 1.76. The predicted molar refractivity (Wildman–Crippen MR) is 71.6 cm³/mol. The highest BCUT2D eigenvalue weighted by molar-refractivity contribution is 6.25. The summed E-state index contributed by atoms with van der Waals surface area (Å²) in [5, 5.41) is 0. The molecule has 0 amide bonds. The van der Waals surface area contributed by atoms with Gasteiger partial charge in [0, 0.05) is 0 Å². The molecule has 0 spiro atoms. The van der Waals surface area contributed by atoms with Crippen molar-refractivity contribution in [2.24, 2.45) is 0 Å². The SMILES string of the molecule is ClC1(C23CCCCCCC2O3)CCCCCC1. The van der Waals surface area contributed by atoms with Gasteiger partial charge in [-0.15, -0.1) is 11.6 Å². The zero-order valence-electron chi connectivity index (χ0n) is 10.8. The average Bonchev–Trinajstić information content (AvgIpc) is 3.01. The molecule has 0 radical (unpaired) electrons. The molecule has 1 heterocycles. The molecule has 0 aromatic rings. The maximum Gasteiger partial charge on any atom is 0.114 e. The Morgan fingerprint density at radius 1 is 0.765 bits per heavy atom. The first-order chi connectivity index (χ1) is 8.27. The Kier molecular flexibility index (Phi) is 3.42. The smallest absolute Gasteiger partial charge is 0.114 e. The first-order valence-corrected chi connectivity index (χ1v) is 8.01. The standard InChI is InChI=1S/C15H25ClO/c16-14(10-6-3-4-7-11-14)15-12-8-2-1-5-9-13(15)17-15/h13H,1-12H2. The van der Waals surface area contributed by atoms with Crippen LogP contribution >= 0.6 is 11.6 Å². The molecule has 3 rings (SSSR count). The van der Waals surface area contributed by atoms with Gasteiger partial charge in [-0.1, -0.05) is 51.4 Å². The summed E-state index contributed by atoms with van der Waals surface area (Å²) in [4.78, 5) is -0.0223. The second-order valence-corrected chi connectivity index (χ2v) is 7.05. The molecule has 3 fully saturated rings. The monoisotopic (exact) mass is 256 g/mol. The van der Waals surface area contributed by atoms with E-state index in [1.165, 1.54) is 77.0 Å². The van der Waals surface area contributed by atoms with Crippen molar-refractivity contribution in [3.63, 3.8) is 0 Å². The van der Waals surface area contributed by atoms with Crippen molar-refractivity contribution in [1.82, 2.24) is 0 Å². The van der Waals surface area contributed by atoms with E-state index in [2.05, 4.69) is 0 Å². The third-order valence-electron chi connectivity index (χ3n) is 5.23. The molecule has 1 nitrogen and oxygen atoms in total. The molecule has 0 aromatic heterocycles. The van der Waals surface area contributed by atoms with E-state index in [9.17, 15) is 0 Å². The number of hydrogen-bond acceptors (Lipinski definition) is 1. The van der Waals surface area contributed by atoms with Gasteiger partial charge in [-0.2, -0.15) is 0 Å². The van der Waals surface area contributed by atoms with Crippen molar-refractivity contribution in [2.75, 3.05) is 0 Å².